The Bertz CT molecular complexity index is 295. The Morgan fingerprint density at radius 1 is 1.00 bits per heavy atom. The lowest BCUT2D eigenvalue weighted by atomic mass is 9.87. The van der Waals surface area contributed by atoms with Gasteiger partial charge < -0.3 is 5.32 Å². The molecule has 0 aliphatic carbocycles. The van der Waals surface area contributed by atoms with Crippen LogP contribution in [0, 0.1) is 5.92 Å². The second-order valence-corrected chi connectivity index (χ2v) is 6.95. The van der Waals surface area contributed by atoms with Gasteiger partial charge in [0.2, 0.25) is 0 Å². The van der Waals surface area contributed by atoms with Gasteiger partial charge in [0, 0.05) is 18.9 Å². The van der Waals surface area contributed by atoms with Crippen LogP contribution in [0.25, 0.3) is 0 Å². The maximum absolute atomic E-state index is 13.3. The molecule has 0 aromatic carbocycles. The molecule has 1 heterocycles. The Balaban J connectivity index is 2.36. The minimum Gasteiger partial charge on any atom is -0.304 e. The maximum atomic E-state index is 13.3. The van der Waals surface area contributed by atoms with E-state index in [1.165, 1.54) is 44.9 Å². The van der Waals surface area contributed by atoms with Crippen molar-refractivity contribution < 1.29 is 9.18 Å². The smallest absolute Gasteiger partial charge is 0.152 e. The number of carbonyl (C=O) groups is 1. The van der Waals surface area contributed by atoms with Gasteiger partial charge in [0.25, 0.3) is 0 Å². The number of ketones is 1. The molecule has 1 aliphatic rings. The summed E-state index contributed by atoms with van der Waals surface area (Å²) in [5.74, 6) is 0.438. The number of unbranched alkanes of at least 4 members (excludes halogenated alkanes) is 7. The third kappa shape index (κ3) is 7.71. The fourth-order valence-electron chi connectivity index (χ4n) is 3.43. The molecule has 22 heavy (non-hydrogen) atoms. The molecule has 0 aromatic heterocycles. The molecule has 1 unspecified atom stereocenters. The topological polar surface area (TPSA) is 29.1 Å². The lowest BCUT2D eigenvalue weighted by Crippen LogP contribution is -2.35. The van der Waals surface area contributed by atoms with Crippen molar-refractivity contribution in [3.05, 3.63) is 0 Å². The predicted molar refractivity (Wildman–Crippen MR) is 91.9 cm³/mol. The highest BCUT2D eigenvalue weighted by Crippen LogP contribution is 2.24. The van der Waals surface area contributed by atoms with Crippen LogP contribution >= 0.6 is 0 Å². The third-order valence-electron chi connectivity index (χ3n) is 4.89. The van der Waals surface area contributed by atoms with Crippen LogP contribution in [0.4, 0.5) is 4.39 Å². The molecular weight excluding hydrogens is 277 g/mol. The van der Waals surface area contributed by atoms with Crippen molar-refractivity contribution in [2.75, 3.05) is 6.54 Å². The number of alkyl halides is 1. The van der Waals surface area contributed by atoms with E-state index in [1.807, 2.05) is 0 Å². The number of nitrogens with one attached hydrogen (secondary N) is 1. The Morgan fingerprint density at radius 2 is 1.55 bits per heavy atom. The van der Waals surface area contributed by atoms with Gasteiger partial charge in [-0.3, -0.25) is 4.79 Å². The summed E-state index contributed by atoms with van der Waals surface area (Å²) >= 11 is 0. The molecule has 0 radical (unpaired) electrons. The van der Waals surface area contributed by atoms with E-state index in [2.05, 4.69) is 19.2 Å². The summed E-state index contributed by atoms with van der Waals surface area (Å²) < 4.78 is 13.3. The van der Waals surface area contributed by atoms with Gasteiger partial charge in [-0.15, -0.1) is 0 Å². The molecule has 3 heteroatoms. The van der Waals surface area contributed by atoms with Gasteiger partial charge in [0.1, 0.15) is 6.17 Å². The van der Waals surface area contributed by atoms with E-state index < -0.39 is 6.17 Å². The summed E-state index contributed by atoms with van der Waals surface area (Å²) in [5.41, 5.74) is 0. The number of Topliss-reactive ketones (excluding diaryl/α,β-unsaturated/α-hetero) is 1. The van der Waals surface area contributed by atoms with E-state index in [-0.39, 0.29) is 17.7 Å². The molecule has 0 aromatic rings. The van der Waals surface area contributed by atoms with E-state index >= 15 is 0 Å². The van der Waals surface area contributed by atoms with Gasteiger partial charge in [-0.25, -0.2) is 4.39 Å². The van der Waals surface area contributed by atoms with Crippen LogP contribution in [-0.4, -0.2) is 24.5 Å². The van der Waals surface area contributed by atoms with Crippen molar-refractivity contribution >= 4 is 5.78 Å². The van der Waals surface area contributed by atoms with Gasteiger partial charge in [-0.1, -0.05) is 71.6 Å². The summed E-state index contributed by atoms with van der Waals surface area (Å²) in [6.45, 7) is 4.79. The Kier molecular flexibility index (Phi) is 10.7. The van der Waals surface area contributed by atoms with Crippen molar-refractivity contribution in [2.45, 2.75) is 103 Å². The number of hydrogen-bond donors (Lipinski definition) is 1. The monoisotopic (exact) mass is 313 g/mol. The zero-order valence-electron chi connectivity index (χ0n) is 14.7. The Hall–Kier alpha value is -0.440. The number of halogens is 1. The number of carbonyl (C=O) groups excluding carboxylic acids is 1. The highest BCUT2D eigenvalue weighted by Gasteiger charge is 2.32. The molecule has 1 saturated heterocycles. The van der Waals surface area contributed by atoms with Crippen LogP contribution < -0.4 is 5.32 Å². The van der Waals surface area contributed by atoms with E-state index in [9.17, 15) is 9.18 Å². The molecule has 2 nitrogen and oxygen atoms in total. The van der Waals surface area contributed by atoms with Crippen molar-refractivity contribution in [3.63, 3.8) is 0 Å². The number of hydrogen-bond acceptors (Lipinski definition) is 2. The predicted octanol–water partition coefficient (Wildman–Crippen LogP) is 5.20. The quantitative estimate of drug-likeness (QED) is 0.473. The minimum absolute atomic E-state index is 0.154. The van der Waals surface area contributed by atoms with Crippen LogP contribution in [-0.2, 0) is 4.79 Å². The van der Waals surface area contributed by atoms with Gasteiger partial charge in [0.15, 0.2) is 5.78 Å². The number of rotatable bonds is 13. The summed E-state index contributed by atoms with van der Waals surface area (Å²) in [6, 6.07) is -0.221. The van der Waals surface area contributed by atoms with Gasteiger partial charge in [-0.05, 0) is 12.8 Å². The molecule has 1 aliphatic heterocycles. The van der Waals surface area contributed by atoms with Crippen LogP contribution in [0.5, 0.6) is 0 Å². The van der Waals surface area contributed by atoms with Crippen LogP contribution in [0.3, 0.4) is 0 Å². The largest absolute Gasteiger partial charge is 0.304 e. The van der Waals surface area contributed by atoms with E-state index in [0.29, 0.717) is 13.0 Å². The van der Waals surface area contributed by atoms with E-state index in [0.717, 1.165) is 25.7 Å². The third-order valence-corrected chi connectivity index (χ3v) is 4.89. The van der Waals surface area contributed by atoms with Crippen LogP contribution in [0.15, 0.2) is 0 Å². The molecule has 1 fully saturated rings. The molecule has 130 valence electrons. The lowest BCUT2D eigenvalue weighted by Gasteiger charge is -2.19. The molecule has 0 saturated carbocycles. The molecule has 0 bridgehead atoms. The summed E-state index contributed by atoms with van der Waals surface area (Å²) in [4.78, 5) is 12.6. The van der Waals surface area contributed by atoms with Crippen LogP contribution in [0.2, 0.25) is 0 Å². The lowest BCUT2D eigenvalue weighted by molar-refractivity contribution is -0.125. The highest BCUT2D eigenvalue weighted by atomic mass is 19.1. The summed E-state index contributed by atoms with van der Waals surface area (Å²) in [5, 5.41) is 3.07. The SMILES string of the molecule is CCCCCCCC(CCCCCC)C(=O)[C@@H]1C[C@H](F)CN1. The van der Waals surface area contributed by atoms with Crippen LogP contribution in [0.1, 0.15) is 90.9 Å². The molecule has 1 N–H and O–H groups in total. The molecule has 1 rings (SSSR count). The average molecular weight is 314 g/mol. The normalized spacial score (nSPS) is 22.9. The van der Waals surface area contributed by atoms with E-state index in [4.69, 9.17) is 0 Å². The maximum Gasteiger partial charge on any atom is 0.152 e. The molecule has 0 spiro atoms. The fourth-order valence-corrected chi connectivity index (χ4v) is 3.43. The zero-order valence-corrected chi connectivity index (χ0v) is 14.7. The van der Waals surface area contributed by atoms with Gasteiger partial charge in [-0.2, -0.15) is 0 Å². The average Bonchev–Trinajstić information content (AvgIpc) is 2.95. The van der Waals surface area contributed by atoms with Crippen molar-refractivity contribution in [2.24, 2.45) is 5.92 Å². The Morgan fingerprint density at radius 3 is 2.05 bits per heavy atom. The fraction of sp³-hybridized carbons (Fsp3) is 0.947. The zero-order chi connectivity index (χ0) is 16.2. The van der Waals surface area contributed by atoms with Gasteiger partial charge in [0.05, 0.1) is 6.04 Å². The Labute approximate surface area is 136 Å². The second kappa shape index (κ2) is 12.0. The molecular formula is C19H36FNO. The highest BCUT2D eigenvalue weighted by molar-refractivity contribution is 5.86. The summed E-state index contributed by atoms with van der Waals surface area (Å²) in [7, 11) is 0. The molecule has 0 amide bonds. The minimum atomic E-state index is -0.834. The molecule has 3 atom stereocenters. The first-order valence-electron chi connectivity index (χ1n) is 9.60. The first-order valence-corrected chi connectivity index (χ1v) is 9.60. The standard InChI is InChI=1S/C19H36FNO/c1-3-5-7-9-11-13-16(12-10-8-6-4-2)19(22)18-14-17(20)15-21-18/h16-18,21H,3-15H2,1-2H3/t16?,17-,18-/m0/s1. The van der Waals surface area contributed by atoms with Crippen molar-refractivity contribution in [1.29, 1.82) is 0 Å². The first kappa shape index (κ1) is 19.6. The first-order chi connectivity index (χ1) is 10.7. The second-order valence-electron chi connectivity index (χ2n) is 6.95. The van der Waals surface area contributed by atoms with Crippen molar-refractivity contribution in [1.82, 2.24) is 5.32 Å². The van der Waals surface area contributed by atoms with Gasteiger partial charge >= 0.3 is 0 Å². The van der Waals surface area contributed by atoms with E-state index in [1.54, 1.807) is 0 Å². The van der Waals surface area contributed by atoms with Crippen molar-refractivity contribution in [3.8, 4) is 0 Å². The summed E-state index contributed by atoms with van der Waals surface area (Å²) in [6.07, 6.45) is 12.6.